The first kappa shape index (κ1) is 19.6. The second-order valence-corrected chi connectivity index (χ2v) is 7.06. The fraction of sp³-hybridized carbons (Fsp3) is 0.733. The van der Waals surface area contributed by atoms with Gasteiger partial charge in [-0.15, -0.1) is 35.3 Å². The molecule has 0 radical (unpaired) electrons. The molecule has 1 aliphatic rings. The Morgan fingerprint density at radius 1 is 1.41 bits per heavy atom. The van der Waals surface area contributed by atoms with E-state index in [4.69, 9.17) is 0 Å². The lowest BCUT2D eigenvalue weighted by atomic mass is 9.99. The van der Waals surface area contributed by atoms with E-state index >= 15 is 0 Å². The maximum absolute atomic E-state index is 4.35. The van der Waals surface area contributed by atoms with Crippen molar-refractivity contribution in [2.24, 2.45) is 10.9 Å². The molecule has 1 aromatic heterocycles. The summed E-state index contributed by atoms with van der Waals surface area (Å²) in [4.78, 5) is 12.4. The van der Waals surface area contributed by atoms with Crippen LogP contribution in [-0.2, 0) is 6.54 Å². The molecule has 1 aliphatic heterocycles. The number of piperidine rings is 1. The number of hydrogen-bond donors (Lipinski definition) is 2. The zero-order valence-electron chi connectivity index (χ0n) is 13.8. The molecular weight excluding hydrogens is 409 g/mol. The van der Waals surface area contributed by atoms with Crippen LogP contribution in [0.4, 0.5) is 0 Å². The molecule has 0 unspecified atom stereocenters. The Morgan fingerprint density at radius 3 is 2.73 bits per heavy atom. The van der Waals surface area contributed by atoms with E-state index in [-0.39, 0.29) is 24.0 Å². The molecule has 7 heteroatoms. The molecule has 0 amide bonds. The molecule has 0 saturated carbocycles. The molecule has 0 bridgehead atoms. The number of hydrogen-bond acceptors (Lipinski definition) is 4. The molecule has 126 valence electrons. The first-order chi connectivity index (χ1) is 10.2. The number of halogens is 1. The highest BCUT2D eigenvalue weighted by Crippen LogP contribution is 2.15. The predicted octanol–water partition coefficient (Wildman–Crippen LogP) is 2.47. The molecule has 22 heavy (non-hydrogen) atoms. The lowest BCUT2D eigenvalue weighted by molar-refractivity contribution is 0.195. The van der Waals surface area contributed by atoms with Crippen molar-refractivity contribution >= 4 is 41.3 Å². The fourth-order valence-electron chi connectivity index (χ4n) is 2.48. The highest BCUT2D eigenvalue weighted by Gasteiger charge is 2.14. The second-order valence-electron chi connectivity index (χ2n) is 5.74. The van der Waals surface area contributed by atoms with Crippen molar-refractivity contribution < 1.29 is 0 Å². The number of guanidine groups is 1. The number of thiazole rings is 1. The van der Waals surface area contributed by atoms with Gasteiger partial charge in [-0.05, 0) is 38.8 Å². The van der Waals surface area contributed by atoms with Gasteiger partial charge in [-0.25, -0.2) is 4.98 Å². The largest absolute Gasteiger partial charge is 0.355 e. The summed E-state index contributed by atoms with van der Waals surface area (Å²) < 4.78 is 0. The van der Waals surface area contributed by atoms with Gasteiger partial charge in [-0.2, -0.15) is 0 Å². The van der Waals surface area contributed by atoms with Crippen molar-refractivity contribution in [2.45, 2.75) is 33.2 Å². The van der Waals surface area contributed by atoms with Gasteiger partial charge < -0.3 is 15.5 Å². The van der Waals surface area contributed by atoms with Crippen molar-refractivity contribution in [3.63, 3.8) is 0 Å². The summed E-state index contributed by atoms with van der Waals surface area (Å²) in [6.45, 7) is 9.64. The second kappa shape index (κ2) is 10.4. The SMILES string of the molecule is CN=C(NCCN1CCC(C)CC1)NCc1ncc(C)s1.I. The lowest BCUT2D eigenvalue weighted by Crippen LogP contribution is -2.43. The Bertz CT molecular complexity index is 455. The smallest absolute Gasteiger partial charge is 0.191 e. The summed E-state index contributed by atoms with van der Waals surface area (Å²) in [6.07, 6.45) is 4.57. The molecule has 5 nitrogen and oxygen atoms in total. The van der Waals surface area contributed by atoms with E-state index in [0.717, 1.165) is 36.5 Å². The summed E-state index contributed by atoms with van der Waals surface area (Å²) >= 11 is 1.72. The van der Waals surface area contributed by atoms with E-state index in [1.807, 2.05) is 13.2 Å². The van der Waals surface area contributed by atoms with Crippen molar-refractivity contribution in [3.05, 3.63) is 16.1 Å². The van der Waals surface area contributed by atoms with E-state index in [1.165, 1.54) is 30.8 Å². The van der Waals surface area contributed by atoms with Gasteiger partial charge in [-0.3, -0.25) is 4.99 Å². The Labute approximate surface area is 155 Å². The topological polar surface area (TPSA) is 52.6 Å². The monoisotopic (exact) mass is 437 g/mol. The summed E-state index contributed by atoms with van der Waals surface area (Å²) in [5, 5.41) is 7.79. The molecule has 1 fully saturated rings. The fourth-order valence-corrected chi connectivity index (χ4v) is 3.21. The third-order valence-corrected chi connectivity index (χ3v) is 4.81. The van der Waals surface area contributed by atoms with Gasteiger partial charge in [0, 0.05) is 31.2 Å². The van der Waals surface area contributed by atoms with Gasteiger partial charge >= 0.3 is 0 Å². The van der Waals surface area contributed by atoms with Crippen molar-refractivity contribution in [3.8, 4) is 0 Å². The van der Waals surface area contributed by atoms with E-state index in [0.29, 0.717) is 0 Å². The molecule has 0 aliphatic carbocycles. The highest BCUT2D eigenvalue weighted by molar-refractivity contribution is 14.0. The molecule has 2 N–H and O–H groups in total. The Balaban J connectivity index is 0.00000242. The molecule has 0 atom stereocenters. The first-order valence-corrected chi connectivity index (χ1v) is 8.57. The molecular formula is C15H28IN5S. The van der Waals surface area contributed by atoms with E-state index in [9.17, 15) is 0 Å². The normalized spacial score (nSPS) is 17.1. The van der Waals surface area contributed by atoms with Crippen LogP contribution < -0.4 is 10.6 Å². The van der Waals surface area contributed by atoms with Gasteiger partial charge in [0.05, 0.1) is 6.54 Å². The van der Waals surface area contributed by atoms with Crippen molar-refractivity contribution in [1.29, 1.82) is 0 Å². The minimum absolute atomic E-state index is 0. The number of aryl methyl sites for hydroxylation is 1. The van der Waals surface area contributed by atoms with Gasteiger partial charge in [0.2, 0.25) is 0 Å². The maximum Gasteiger partial charge on any atom is 0.191 e. The van der Waals surface area contributed by atoms with Crippen LogP contribution in [0.15, 0.2) is 11.2 Å². The summed E-state index contributed by atoms with van der Waals surface area (Å²) in [6, 6.07) is 0. The molecule has 1 aromatic rings. The lowest BCUT2D eigenvalue weighted by Gasteiger charge is -2.30. The third-order valence-electron chi connectivity index (χ3n) is 3.90. The Kier molecular flexibility index (Phi) is 9.27. The average Bonchev–Trinajstić information content (AvgIpc) is 2.90. The zero-order valence-corrected chi connectivity index (χ0v) is 16.9. The molecule has 0 spiro atoms. The molecule has 2 heterocycles. The summed E-state index contributed by atoms with van der Waals surface area (Å²) in [5.41, 5.74) is 0. The predicted molar refractivity (Wildman–Crippen MR) is 105 cm³/mol. The number of nitrogens with one attached hydrogen (secondary N) is 2. The van der Waals surface area contributed by atoms with E-state index in [2.05, 4.69) is 39.4 Å². The molecule has 0 aromatic carbocycles. The maximum atomic E-state index is 4.35. The Morgan fingerprint density at radius 2 is 2.14 bits per heavy atom. The number of rotatable bonds is 5. The van der Waals surface area contributed by atoms with Crippen LogP contribution in [0.1, 0.15) is 29.7 Å². The number of aromatic nitrogens is 1. The van der Waals surface area contributed by atoms with Crippen LogP contribution in [-0.4, -0.2) is 49.1 Å². The standard InChI is InChI=1S/C15H27N5S.HI/c1-12-4-7-20(8-5-12)9-6-17-15(16-3)19-11-14-18-10-13(2)21-14;/h10,12H,4-9,11H2,1-3H3,(H2,16,17,19);1H. The highest BCUT2D eigenvalue weighted by atomic mass is 127. The summed E-state index contributed by atoms with van der Waals surface area (Å²) in [5.74, 6) is 1.75. The Hall–Kier alpha value is -0.410. The average molecular weight is 437 g/mol. The number of nitrogens with zero attached hydrogens (tertiary/aromatic N) is 3. The quantitative estimate of drug-likeness (QED) is 0.422. The van der Waals surface area contributed by atoms with Crippen molar-refractivity contribution in [2.75, 3.05) is 33.2 Å². The zero-order chi connectivity index (χ0) is 15.1. The van der Waals surface area contributed by atoms with Gasteiger partial charge in [0.1, 0.15) is 5.01 Å². The minimum Gasteiger partial charge on any atom is -0.355 e. The van der Waals surface area contributed by atoms with Crippen LogP contribution in [0, 0.1) is 12.8 Å². The van der Waals surface area contributed by atoms with Crippen LogP contribution >= 0.6 is 35.3 Å². The van der Waals surface area contributed by atoms with Gasteiger partial charge in [-0.1, -0.05) is 6.92 Å². The van der Waals surface area contributed by atoms with Gasteiger partial charge in [0.25, 0.3) is 0 Å². The molecule has 1 saturated heterocycles. The molecule has 2 rings (SSSR count). The van der Waals surface area contributed by atoms with Crippen LogP contribution in [0.25, 0.3) is 0 Å². The van der Waals surface area contributed by atoms with Crippen LogP contribution in [0.3, 0.4) is 0 Å². The summed E-state index contributed by atoms with van der Waals surface area (Å²) in [7, 11) is 1.81. The minimum atomic E-state index is 0. The first-order valence-electron chi connectivity index (χ1n) is 7.75. The van der Waals surface area contributed by atoms with E-state index in [1.54, 1.807) is 11.3 Å². The van der Waals surface area contributed by atoms with Gasteiger partial charge in [0.15, 0.2) is 5.96 Å². The van der Waals surface area contributed by atoms with Crippen molar-refractivity contribution in [1.82, 2.24) is 20.5 Å². The third kappa shape index (κ3) is 6.78. The van der Waals surface area contributed by atoms with Crippen LogP contribution in [0.2, 0.25) is 0 Å². The number of aliphatic imine (C=N–C) groups is 1. The number of likely N-dealkylation sites (tertiary alicyclic amines) is 1. The van der Waals surface area contributed by atoms with E-state index < -0.39 is 0 Å². The van der Waals surface area contributed by atoms with Crippen LogP contribution in [0.5, 0.6) is 0 Å².